The molecule has 13 heteroatoms. The predicted molar refractivity (Wildman–Crippen MR) is 104 cm³/mol. The molecular formula is C17H26O11S2. The van der Waals surface area contributed by atoms with Crippen molar-refractivity contribution in [3.63, 3.8) is 0 Å². The summed E-state index contributed by atoms with van der Waals surface area (Å²) in [7, 11) is -5.05. The summed E-state index contributed by atoms with van der Waals surface area (Å²) in [6.07, 6.45) is -2.18. The topological polar surface area (TPSA) is 144 Å². The Bertz CT molecular complexity index is 860. The van der Waals surface area contributed by atoms with Crippen LogP contribution in [-0.4, -0.2) is 86.0 Å². The molecule has 1 aromatic rings. The minimum Gasteiger partial charge on any atom is -0.497 e. The first-order valence-electron chi connectivity index (χ1n) is 8.71. The molecule has 1 unspecified atom stereocenters. The first kappa shape index (κ1) is 24.9. The lowest BCUT2D eigenvalue weighted by atomic mass is 9.97. The highest BCUT2D eigenvalue weighted by atomic mass is 32.2. The largest absolute Gasteiger partial charge is 0.497 e. The third-order valence-electron chi connectivity index (χ3n) is 4.31. The second kappa shape index (κ2) is 9.87. The van der Waals surface area contributed by atoms with Gasteiger partial charge in [0.15, 0.2) is 6.29 Å². The number of aliphatic hydroxyl groups excluding tert-OH is 1. The van der Waals surface area contributed by atoms with E-state index in [-0.39, 0.29) is 6.61 Å². The lowest BCUT2D eigenvalue weighted by Gasteiger charge is -2.33. The van der Waals surface area contributed by atoms with E-state index in [0.29, 0.717) is 11.3 Å². The summed E-state index contributed by atoms with van der Waals surface area (Å²) in [5.41, 5.74) is -1.07. The number of rotatable bonds is 11. The van der Waals surface area contributed by atoms with Crippen molar-refractivity contribution < 1.29 is 49.3 Å². The molecule has 30 heavy (non-hydrogen) atoms. The number of aliphatic hydroxyl groups is 1. The molecule has 1 aromatic carbocycles. The molecule has 0 radical (unpaired) electrons. The first-order chi connectivity index (χ1) is 13.9. The van der Waals surface area contributed by atoms with Crippen molar-refractivity contribution in [2.45, 2.75) is 30.7 Å². The number of hydrogen-bond acceptors (Lipinski definition) is 11. The fraction of sp³-hybridized carbons (Fsp3) is 0.647. The smallest absolute Gasteiger partial charge is 0.264 e. The lowest BCUT2D eigenvalue weighted by Crippen LogP contribution is -2.52. The van der Waals surface area contributed by atoms with Crippen LogP contribution in [0.15, 0.2) is 24.3 Å². The van der Waals surface area contributed by atoms with E-state index in [0.717, 1.165) is 12.5 Å². The highest BCUT2D eigenvalue weighted by Crippen LogP contribution is 2.36. The molecule has 1 aliphatic heterocycles. The van der Waals surface area contributed by atoms with Crippen molar-refractivity contribution in [2.75, 3.05) is 39.9 Å². The van der Waals surface area contributed by atoms with Crippen molar-refractivity contribution >= 4 is 20.2 Å². The van der Waals surface area contributed by atoms with Crippen LogP contribution >= 0.6 is 0 Å². The number of methoxy groups -OCH3 is 2. The van der Waals surface area contributed by atoms with E-state index in [4.69, 9.17) is 27.3 Å². The third kappa shape index (κ3) is 6.85. The Morgan fingerprint density at radius 3 is 1.97 bits per heavy atom. The highest BCUT2D eigenvalue weighted by Gasteiger charge is 2.57. The number of hydrogen-bond donors (Lipinski definition) is 1. The van der Waals surface area contributed by atoms with Crippen molar-refractivity contribution in [1.82, 2.24) is 0 Å². The van der Waals surface area contributed by atoms with Crippen LogP contribution in [-0.2, 0) is 49.4 Å². The zero-order valence-electron chi connectivity index (χ0n) is 17.0. The van der Waals surface area contributed by atoms with Gasteiger partial charge in [-0.05, 0) is 17.7 Å². The van der Waals surface area contributed by atoms with E-state index in [2.05, 4.69) is 0 Å². The molecule has 0 amide bonds. The summed E-state index contributed by atoms with van der Waals surface area (Å²) >= 11 is 0. The van der Waals surface area contributed by atoms with Crippen molar-refractivity contribution in [3.05, 3.63) is 29.8 Å². The minimum atomic E-state index is -3.92. The molecule has 1 N–H and O–H groups in total. The maximum atomic E-state index is 11.5. The van der Waals surface area contributed by atoms with Gasteiger partial charge in [-0.3, -0.25) is 8.37 Å². The second-order valence-corrected chi connectivity index (χ2v) is 10.1. The van der Waals surface area contributed by atoms with Crippen molar-refractivity contribution in [1.29, 1.82) is 0 Å². The molecule has 0 bridgehead atoms. The van der Waals surface area contributed by atoms with Gasteiger partial charge in [-0.2, -0.15) is 16.8 Å². The molecule has 1 saturated heterocycles. The molecule has 1 aliphatic rings. The van der Waals surface area contributed by atoms with E-state index < -0.39 is 57.5 Å². The molecular weight excluding hydrogens is 444 g/mol. The molecule has 11 nitrogen and oxygen atoms in total. The zero-order chi connectivity index (χ0) is 22.6. The normalized spacial score (nSPS) is 24.1. The summed E-state index contributed by atoms with van der Waals surface area (Å²) in [6.45, 7) is -1.33. The number of ether oxygens (including phenoxy) is 4. The van der Waals surface area contributed by atoms with Gasteiger partial charge in [0.25, 0.3) is 20.2 Å². The Morgan fingerprint density at radius 2 is 1.53 bits per heavy atom. The van der Waals surface area contributed by atoms with E-state index in [1.165, 1.54) is 14.2 Å². The van der Waals surface area contributed by atoms with Crippen molar-refractivity contribution in [3.8, 4) is 5.75 Å². The van der Waals surface area contributed by atoms with Gasteiger partial charge in [0, 0.05) is 7.11 Å². The Morgan fingerprint density at radius 1 is 1.00 bits per heavy atom. The second-order valence-electron chi connectivity index (χ2n) is 6.79. The zero-order valence-corrected chi connectivity index (χ0v) is 18.6. The van der Waals surface area contributed by atoms with Gasteiger partial charge in [-0.15, -0.1) is 0 Å². The summed E-state index contributed by atoms with van der Waals surface area (Å²) < 4.78 is 77.4. The monoisotopic (exact) mass is 470 g/mol. The van der Waals surface area contributed by atoms with Crippen LogP contribution in [0.3, 0.4) is 0 Å². The minimum absolute atomic E-state index is 0.00891. The number of benzene rings is 1. The molecule has 0 saturated carbocycles. The molecule has 1 heterocycles. The third-order valence-corrected chi connectivity index (χ3v) is 5.41. The van der Waals surface area contributed by atoms with Crippen molar-refractivity contribution in [2.24, 2.45) is 0 Å². The fourth-order valence-electron chi connectivity index (χ4n) is 2.86. The van der Waals surface area contributed by atoms with E-state index in [9.17, 15) is 21.9 Å². The summed E-state index contributed by atoms with van der Waals surface area (Å²) in [5, 5.41) is 10.6. The SMILES string of the molecule is COc1ccc(CO[C@@H]2C(O)[C@H](OC)OC2(COS(C)(=O)=O)COS(C)(=O)=O)cc1. The van der Waals surface area contributed by atoms with Gasteiger partial charge in [-0.25, -0.2) is 0 Å². The van der Waals surface area contributed by atoms with Gasteiger partial charge in [-0.1, -0.05) is 12.1 Å². The molecule has 0 aromatic heterocycles. The average molecular weight is 471 g/mol. The Balaban J connectivity index is 2.29. The summed E-state index contributed by atoms with van der Waals surface area (Å²) in [4.78, 5) is 0. The van der Waals surface area contributed by atoms with Crippen LogP contribution in [0.1, 0.15) is 5.56 Å². The molecule has 1 fully saturated rings. The Hall–Kier alpha value is -1.32. The summed E-state index contributed by atoms with van der Waals surface area (Å²) in [5.74, 6) is 0.639. The fourth-order valence-corrected chi connectivity index (χ4v) is 3.68. The van der Waals surface area contributed by atoms with Crippen LogP contribution in [0.4, 0.5) is 0 Å². The molecule has 172 valence electrons. The summed E-state index contributed by atoms with van der Waals surface area (Å²) in [6, 6.07) is 6.89. The quantitative estimate of drug-likeness (QED) is 0.423. The maximum Gasteiger partial charge on any atom is 0.264 e. The standard InChI is InChI=1S/C17H26O11S2/c1-23-13-7-5-12(6-8-13)9-25-15-14(18)16(24-2)28-17(15,10-26-29(3,19)20)11-27-30(4,21)22/h5-8,14-16,18H,9-11H2,1-4H3/t14?,15-,16-/m1/s1. The maximum absolute atomic E-state index is 11.5. The molecule has 0 aliphatic carbocycles. The van der Waals surface area contributed by atoms with Crippen LogP contribution in [0.2, 0.25) is 0 Å². The van der Waals surface area contributed by atoms with Crippen LogP contribution in [0, 0.1) is 0 Å². The first-order valence-corrected chi connectivity index (χ1v) is 12.3. The van der Waals surface area contributed by atoms with Gasteiger partial charge < -0.3 is 24.1 Å². The Kier molecular flexibility index (Phi) is 8.21. The van der Waals surface area contributed by atoms with E-state index >= 15 is 0 Å². The predicted octanol–water partition coefficient (Wildman–Crippen LogP) is -0.365. The van der Waals surface area contributed by atoms with Crippen LogP contribution in [0.25, 0.3) is 0 Å². The van der Waals surface area contributed by atoms with Crippen LogP contribution < -0.4 is 4.74 Å². The van der Waals surface area contributed by atoms with Crippen LogP contribution in [0.5, 0.6) is 5.75 Å². The molecule has 0 spiro atoms. The van der Waals surface area contributed by atoms with Gasteiger partial charge in [0.1, 0.15) is 36.8 Å². The average Bonchev–Trinajstić information content (AvgIpc) is 2.94. The lowest BCUT2D eigenvalue weighted by molar-refractivity contribution is -0.196. The van der Waals surface area contributed by atoms with Gasteiger partial charge in [0.05, 0.1) is 26.2 Å². The van der Waals surface area contributed by atoms with Gasteiger partial charge in [0.2, 0.25) is 0 Å². The van der Waals surface area contributed by atoms with E-state index in [1.54, 1.807) is 24.3 Å². The molecule has 2 rings (SSSR count). The molecule has 3 atom stereocenters. The Labute approximate surface area is 176 Å². The van der Waals surface area contributed by atoms with E-state index in [1.807, 2.05) is 0 Å². The highest BCUT2D eigenvalue weighted by molar-refractivity contribution is 7.86. The van der Waals surface area contributed by atoms with Gasteiger partial charge >= 0.3 is 0 Å².